The van der Waals surface area contributed by atoms with Crippen LogP contribution in [0.4, 0.5) is 11.4 Å². The van der Waals surface area contributed by atoms with E-state index in [0.29, 0.717) is 5.56 Å². The molecular weight excluding hydrogens is 326 g/mol. The Kier molecular flexibility index (Phi) is 5.25. The van der Waals surface area contributed by atoms with Crippen molar-refractivity contribution in [2.75, 3.05) is 5.32 Å². The molecule has 7 heteroatoms. The summed E-state index contributed by atoms with van der Waals surface area (Å²) in [5, 5.41) is 16.6. The lowest BCUT2D eigenvalue weighted by molar-refractivity contribution is -0.385. The molecule has 124 valence electrons. The Bertz CT molecular complexity index is 834. The molecule has 0 saturated carbocycles. The number of anilines is 1. The van der Waals surface area contributed by atoms with Crippen LogP contribution in [0.25, 0.3) is 0 Å². The van der Waals surface area contributed by atoms with Gasteiger partial charge in [0.05, 0.1) is 4.92 Å². The van der Waals surface area contributed by atoms with Crippen molar-refractivity contribution in [1.29, 1.82) is 0 Å². The minimum atomic E-state index is -0.515. The summed E-state index contributed by atoms with van der Waals surface area (Å²) in [7, 11) is 0. The van der Waals surface area contributed by atoms with Crippen molar-refractivity contribution in [3.63, 3.8) is 0 Å². The summed E-state index contributed by atoms with van der Waals surface area (Å²) >= 11 is 5.15. The van der Waals surface area contributed by atoms with Gasteiger partial charge in [-0.1, -0.05) is 18.2 Å². The maximum atomic E-state index is 12.2. The van der Waals surface area contributed by atoms with E-state index in [1.807, 2.05) is 32.0 Å². The first-order chi connectivity index (χ1) is 11.3. The summed E-state index contributed by atoms with van der Waals surface area (Å²) in [6, 6.07) is 10.2. The van der Waals surface area contributed by atoms with Crippen LogP contribution in [0.2, 0.25) is 0 Å². The summed E-state index contributed by atoms with van der Waals surface area (Å²) in [5.41, 5.74) is 3.42. The predicted molar refractivity (Wildman–Crippen MR) is 97.4 cm³/mol. The molecule has 0 saturated heterocycles. The number of carbonyl (C=O) groups is 1. The fourth-order valence-corrected chi connectivity index (χ4v) is 2.35. The molecule has 0 aromatic heterocycles. The molecule has 0 heterocycles. The van der Waals surface area contributed by atoms with Gasteiger partial charge >= 0.3 is 0 Å². The number of amides is 1. The van der Waals surface area contributed by atoms with Gasteiger partial charge in [-0.15, -0.1) is 0 Å². The van der Waals surface area contributed by atoms with Gasteiger partial charge in [0.15, 0.2) is 5.11 Å². The standard InChI is InChI=1S/C17H17N3O3S/c1-10-4-5-11(2)14(8-10)18-17(24)19-16(21)13-7-6-12(3)15(9-13)20(22)23/h4-9H,1-3H3,(H2,18,19,21,24). The Labute approximate surface area is 145 Å². The van der Waals surface area contributed by atoms with Crippen molar-refractivity contribution in [2.24, 2.45) is 0 Å². The van der Waals surface area contributed by atoms with E-state index in [9.17, 15) is 14.9 Å². The number of nitro benzene ring substituents is 1. The minimum Gasteiger partial charge on any atom is -0.332 e. The third-order valence-electron chi connectivity index (χ3n) is 3.54. The smallest absolute Gasteiger partial charge is 0.273 e. The molecule has 24 heavy (non-hydrogen) atoms. The van der Waals surface area contributed by atoms with Crippen molar-refractivity contribution in [1.82, 2.24) is 5.32 Å². The molecule has 0 fully saturated rings. The molecule has 2 aromatic carbocycles. The molecule has 0 aliphatic heterocycles. The Hall–Kier alpha value is -2.80. The number of benzene rings is 2. The van der Waals surface area contributed by atoms with Crippen LogP contribution in [0.5, 0.6) is 0 Å². The minimum absolute atomic E-state index is 0.101. The average Bonchev–Trinajstić information content (AvgIpc) is 2.50. The van der Waals surface area contributed by atoms with Crippen LogP contribution in [-0.4, -0.2) is 15.9 Å². The number of nitrogens with zero attached hydrogens (tertiary/aromatic N) is 1. The highest BCUT2D eigenvalue weighted by Crippen LogP contribution is 2.19. The number of hydrogen-bond donors (Lipinski definition) is 2. The highest BCUT2D eigenvalue weighted by atomic mass is 32.1. The number of aryl methyl sites for hydroxylation is 3. The quantitative estimate of drug-likeness (QED) is 0.505. The van der Waals surface area contributed by atoms with E-state index >= 15 is 0 Å². The number of nitrogens with one attached hydrogen (secondary N) is 2. The van der Waals surface area contributed by atoms with E-state index in [4.69, 9.17) is 12.2 Å². The van der Waals surface area contributed by atoms with E-state index in [-0.39, 0.29) is 16.4 Å². The maximum absolute atomic E-state index is 12.2. The molecule has 0 spiro atoms. The normalized spacial score (nSPS) is 10.1. The zero-order valence-electron chi connectivity index (χ0n) is 13.5. The molecule has 0 radical (unpaired) electrons. The van der Waals surface area contributed by atoms with Crippen molar-refractivity contribution in [3.8, 4) is 0 Å². The lowest BCUT2D eigenvalue weighted by atomic mass is 10.1. The van der Waals surface area contributed by atoms with E-state index in [1.165, 1.54) is 18.2 Å². The summed E-state index contributed by atoms with van der Waals surface area (Å²) in [4.78, 5) is 22.7. The van der Waals surface area contributed by atoms with Crippen molar-refractivity contribution in [3.05, 3.63) is 68.8 Å². The first-order valence-corrected chi connectivity index (χ1v) is 7.63. The first kappa shape index (κ1) is 17.6. The van der Waals surface area contributed by atoms with Crippen molar-refractivity contribution < 1.29 is 9.72 Å². The molecule has 0 bridgehead atoms. The second-order valence-electron chi connectivity index (χ2n) is 5.48. The highest BCUT2D eigenvalue weighted by molar-refractivity contribution is 7.80. The Morgan fingerprint density at radius 3 is 2.42 bits per heavy atom. The van der Waals surface area contributed by atoms with Crippen LogP contribution in [0.1, 0.15) is 27.0 Å². The molecule has 2 aromatic rings. The molecule has 2 N–H and O–H groups in total. The molecule has 0 aliphatic rings. The summed E-state index contributed by atoms with van der Waals surface area (Å²) < 4.78 is 0. The molecular formula is C17H17N3O3S. The fourth-order valence-electron chi connectivity index (χ4n) is 2.15. The molecule has 6 nitrogen and oxygen atoms in total. The first-order valence-electron chi connectivity index (χ1n) is 7.22. The fraction of sp³-hybridized carbons (Fsp3) is 0.176. The third kappa shape index (κ3) is 4.14. The van der Waals surface area contributed by atoms with Gasteiger partial charge in [-0.25, -0.2) is 0 Å². The lowest BCUT2D eigenvalue weighted by Gasteiger charge is -2.12. The molecule has 0 unspecified atom stereocenters. The van der Waals surface area contributed by atoms with E-state index < -0.39 is 10.8 Å². The number of carbonyl (C=O) groups excluding carboxylic acids is 1. The molecule has 2 rings (SSSR count). The van der Waals surface area contributed by atoms with Gasteiger partial charge in [0.25, 0.3) is 11.6 Å². The summed E-state index contributed by atoms with van der Waals surface area (Å²) in [5.74, 6) is -0.499. The summed E-state index contributed by atoms with van der Waals surface area (Å²) in [6.07, 6.45) is 0. The van der Waals surface area contributed by atoms with Crippen LogP contribution in [0, 0.1) is 30.9 Å². The van der Waals surface area contributed by atoms with E-state index in [2.05, 4.69) is 10.6 Å². The van der Waals surface area contributed by atoms with E-state index in [1.54, 1.807) is 6.92 Å². The number of hydrogen-bond acceptors (Lipinski definition) is 4. The van der Waals surface area contributed by atoms with Gasteiger partial charge in [0.2, 0.25) is 0 Å². The number of rotatable bonds is 3. The van der Waals surface area contributed by atoms with Crippen LogP contribution >= 0.6 is 12.2 Å². The van der Waals surface area contributed by atoms with E-state index in [0.717, 1.165) is 16.8 Å². The van der Waals surface area contributed by atoms with Crippen LogP contribution in [0.3, 0.4) is 0 Å². The monoisotopic (exact) mass is 343 g/mol. The predicted octanol–water partition coefficient (Wildman–Crippen LogP) is 3.65. The van der Waals surface area contributed by atoms with Gasteiger partial charge in [-0.3, -0.25) is 20.2 Å². The van der Waals surface area contributed by atoms with Crippen LogP contribution < -0.4 is 10.6 Å². The zero-order valence-corrected chi connectivity index (χ0v) is 14.4. The average molecular weight is 343 g/mol. The van der Waals surface area contributed by atoms with Crippen molar-refractivity contribution >= 4 is 34.6 Å². The number of nitro groups is 1. The lowest BCUT2D eigenvalue weighted by Crippen LogP contribution is -2.34. The van der Waals surface area contributed by atoms with Crippen molar-refractivity contribution in [2.45, 2.75) is 20.8 Å². The maximum Gasteiger partial charge on any atom is 0.273 e. The van der Waals surface area contributed by atoms with Gasteiger partial charge < -0.3 is 5.32 Å². The highest BCUT2D eigenvalue weighted by Gasteiger charge is 2.16. The SMILES string of the molecule is Cc1ccc(C)c(NC(=S)NC(=O)c2ccc(C)c([N+](=O)[O-])c2)c1. The largest absolute Gasteiger partial charge is 0.332 e. The van der Waals surface area contributed by atoms with Gasteiger partial charge in [-0.2, -0.15) is 0 Å². The Morgan fingerprint density at radius 1 is 1.08 bits per heavy atom. The van der Waals surface area contributed by atoms with Gasteiger partial charge in [-0.05, 0) is 56.2 Å². The number of thiocarbonyl (C=S) groups is 1. The van der Waals surface area contributed by atoms with Crippen LogP contribution in [-0.2, 0) is 0 Å². The molecule has 0 aliphatic carbocycles. The zero-order chi connectivity index (χ0) is 17.9. The molecule has 0 atom stereocenters. The topological polar surface area (TPSA) is 84.3 Å². The second kappa shape index (κ2) is 7.18. The van der Waals surface area contributed by atoms with Crippen LogP contribution in [0.15, 0.2) is 36.4 Å². The summed E-state index contributed by atoms with van der Waals surface area (Å²) in [6.45, 7) is 5.50. The van der Waals surface area contributed by atoms with Gasteiger partial charge in [0.1, 0.15) is 0 Å². The Balaban J connectivity index is 2.12. The van der Waals surface area contributed by atoms with Gasteiger partial charge in [0, 0.05) is 22.9 Å². The Morgan fingerprint density at radius 2 is 1.75 bits per heavy atom. The third-order valence-corrected chi connectivity index (χ3v) is 3.74. The molecule has 1 amide bonds. The second-order valence-corrected chi connectivity index (χ2v) is 5.89.